The van der Waals surface area contributed by atoms with E-state index in [9.17, 15) is 4.79 Å². The van der Waals surface area contributed by atoms with E-state index in [1.807, 2.05) is 18.2 Å². The highest BCUT2D eigenvalue weighted by Gasteiger charge is 2.02. The number of anilines is 1. The Morgan fingerprint density at radius 1 is 1.50 bits per heavy atom. The van der Waals surface area contributed by atoms with Gasteiger partial charge in [0.05, 0.1) is 23.9 Å². The van der Waals surface area contributed by atoms with Gasteiger partial charge >= 0.3 is 5.97 Å². The highest BCUT2D eigenvalue weighted by molar-refractivity contribution is 14.1. The lowest BCUT2D eigenvalue weighted by molar-refractivity contribution is -0.148. The van der Waals surface area contributed by atoms with Gasteiger partial charge in [-0.3, -0.25) is 0 Å². The molecule has 1 aromatic rings. The molecule has 0 saturated carbocycles. The number of hydrogen-bond acceptors (Lipinski definition) is 4. The molecule has 0 aliphatic heterocycles. The lowest BCUT2D eigenvalue weighted by atomic mass is 10.3. The molecule has 6 heteroatoms. The van der Waals surface area contributed by atoms with Crippen molar-refractivity contribution in [2.24, 2.45) is 0 Å². The summed E-state index contributed by atoms with van der Waals surface area (Å²) in [4.78, 5) is 11.0. The number of nitrogens with one attached hydrogen (secondary N) is 1. The molecule has 0 unspecified atom stereocenters. The predicted octanol–water partition coefficient (Wildman–Crippen LogP) is 2.94. The topological polar surface area (TPSA) is 47.6 Å². The van der Waals surface area contributed by atoms with Crippen LogP contribution in [0.2, 0.25) is 5.02 Å². The molecule has 0 aliphatic carbocycles. The molecule has 100 valence electrons. The number of benzene rings is 1. The summed E-state index contributed by atoms with van der Waals surface area (Å²) < 4.78 is 11.0. The molecule has 4 nitrogen and oxygen atoms in total. The van der Waals surface area contributed by atoms with Crippen molar-refractivity contribution in [3.8, 4) is 0 Å². The third-order valence-electron chi connectivity index (χ3n) is 2.02. The molecule has 1 N–H and O–H groups in total. The molecule has 18 heavy (non-hydrogen) atoms. The van der Waals surface area contributed by atoms with Gasteiger partial charge in [0.1, 0.15) is 6.61 Å². The molecule has 0 aliphatic rings. The first-order valence-corrected chi connectivity index (χ1v) is 7.01. The lowest BCUT2D eigenvalue weighted by Gasteiger charge is -2.09. The Labute approximate surface area is 125 Å². The second-order valence-electron chi connectivity index (χ2n) is 3.41. The molecular formula is C12H15ClINO3. The highest BCUT2D eigenvalue weighted by Crippen LogP contribution is 2.23. The monoisotopic (exact) mass is 383 g/mol. The first kappa shape index (κ1) is 15.5. The van der Waals surface area contributed by atoms with E-state index in [1.54, 1.807) is 6.92 Å². The maximum absolute atomic E-state index is 11.0. The second kappa shape index (κ2) is 8.55. The molecule has 0 aromatic heterocycles. The minimum Gasteiger partial charge on any atom is -0.464 e. The van der Waals surface area contributed by atoms with Crippen LogP contribution in [0.25, 0.3) is 0 Å². The van der Waals surface area contributed by atoms with Gasteiger partial charge in [-0.05, 0) is 47.7 Å². The molecule has 1 aromatic carbocycles. The van der Waals surface area contributed by atoms with Gasteiger partial charge in [-0.2, -0.15) is 0 Å². The summed E-state index contributed by atoms with van der Waals surface area (Å²) in [5.41, 5.74) is 0.858. The maximum atomic E-state index is 11.0. The number of halogens is 2. The number of hydrogen-bond donors (Lipinski definition) is 1. The van der Waals surface area contributed by atoms with Crippen molar-refractivity contribution in [1.82, 2.24) is 0 Å². The van der Waals surface area contributed by atoms with E-state index >= 15 is 0 Å². The van der Waals surface area contributed by atoms with Gasteiger partial charge in [-0.15, -0.1) is 0 Å². The van der Waals surface area contributed by atoms with Crippen LogP contribution in [0.3, 0.4) is 0 Å². The van der Waals surface area contributed by atoms with E-state index in [4.69, 9.17) is 21.1 Å². The minimum atomic E-state index is -0.343. The third-order valence-corrected chi connectivity index (χ3v) is 3.00. The van der Waals surface area contributed by atoms with Crippen molar-refractivity contribution in [1.29, 1.82) is 0 Å². The fourth-order valence-electron chi connectivity index (χ4n) is 1.25. The zero-order valence-corrected chi connectivity index (χ0v) is 13.0. The largest absolute Gasteiger partial charge is 0.464 e. The van der Waals surface area contributed by atoms with Crippen molar-refractivity contribution in [2.75, 3.05) is 31.7 Å². The Hall–Kier alpha value is -0.530. The van der Waals surface area contributed by atoms with Crippen LogP contribution in [-0.4, -0.2) is 32.3 Å². The van der Waals surface area contributed by atoms with Gasteiger partial charge in [0.25, 0.3) is 0 Å². The van der Waals surface area contributed by atoms with Crippen molar-refractivity contribution in [2.45, 2.75) is 6.92 Å². The second-order valence-corrected chi connectivity index (χ2v) is 5.06. The summed E-state index contributed by atoms with van der Waals surface area (Å²) in [6, 6.07) is 5.76. The maximum Gasteiger partial charge on any atom is 0.332 e. The molecule has 0 bridgehead atoms. The fraction of sp³-hybridized carbons (Fsp3) is 0.417. The van der Waals surface area contributed by atoms with Gasteiger partial charge < -0.3 is 14.8 Å². The predicted molar refractivity (Wildman–Crippen MR) is 80.1 cm³/mol. The lowest BCUT2D eigenvalue weighted by Crippen LogP contribution is -2.16. The summed E-state index contributed by atoms with van der Waals surface area (Å²) in [7, 11) is 0. The summed E-state index contributed by atoms with van der Waals surface area (Å²) >= 11 is 8.25. The summed E-state index contributed by atoms with van der Waals surface area (Å²) in [6.45, 7) is 3.12. The van der Waals surface area contributed by atoms with E-state index in [0.717, 1.165) is 9.26 Å². The first-order chi connectivity index (χ1) is 8.63. The highest BCUT2D eigenvalue weighted by atomic mass is 127. The Morgan fingerprint density at radius 2 is 2.28 bits per heavy atom. The van der Waals surface area contributed by atoms with Crippen LogP contribution in [-0.2, 0) is 14.3 Å². The van der Waals surface area contributed by atoms with Crippen LogP contribution in [0.1, 0.15) is 6.92 Å². The molecule has 0 fully saturated rings. The smallest absolute Gasteiger partial charge is 0.332 e. The molecule has 0 atom stereocenters. The van der Waals surface area contributed by atoms with Crippen LogP contribution in [0.15, 0.2) is 18.2 Å². The zero-order valence-electron chi connectivity index (χ0n) is 10.0. The van der Waals surface area contributed by atoms with Crippen LogP contribution in [0, 0.1) is 3.57 Å². The van der Waals surface area contributed by atoms with Gasteiger partial charge in [0, 0.05) is 10.1 Å². The molecule has 0 saturated heterocycles. The number of rotatable bonds is 7. The summed E-state index contributed by atoms with van der Waals surface area (Å²) in [5.74, 6) is -0.343. The molecular weight excluding hydrogens is 368 g/mol. The van der Waals surface area contributed by atoms with Crippen LogP contribution < -0.4 is 5.32 Å². The van der Waals surface area contributed by atoms with E-state index in [1.165, 1.54) is 0 Å². The molecule has 0 amide bonds. The normalized spacial score (nSPS) is 10.2. The van der Waals surface area contributed by atoms with Gasteiger partial charge in [-0.1, -0.05) is 11.6 Å². The van der Waals surface area contributed by atoms with Gasteiger partial charge in [0.15, 0.2) is 0 Å². The van der Waals surface area contributed by atoms with Crippen molar-refractivity contribution in [3.63, 3.8) is 0 Å². The quantitative estimate of drug-likeness (QED) is 0.447. The van der Waals surface area contributed by atoms with Crippen molar-refractivity contribution < 1.29 is 14.3 Å². The molecule has 0 radical (unpaired) electrons. The fourth-order valence-corrected chi connectivity index (χ4v) is 2.17. The van der Waals surface area contributed by atoms with Crippen molar-refractivity contribution >= 4 is 45.8 Å². The third kappa shape index (κ3) is 5.88. The average molecular weight is 384 g/mol. The van der Waals surface area contributed by atoms with E-state index in [2.05, 4.69) is 27.9 Å². The number of ether oxygens (including phenoxy) is 2. The van der Waals surface area contributed by atoms with E-state index < -0.39 is 0 Å². The standard InChI is InChI=1S/C12H15ClINO3/c1-2-18-12(16)8-17-6-5-15-11-4-3-9(14)7-10(11)13/h3-4,7,15H,2,5-6,8H2,1H3. The number of esters is 1. The first-order valence-electron chi connectivity index (χ1n) is 5.55. The Morgan fingerprint density at radius 3 is 2.94 bits per heavy atom. The van der Waals surface area contributed by atoms with Gasteiger partial charge in [0.2, 0.25) is 0 Å². The summed E-state index contributed by atoms with van der Waals surface area (Å²) in [5, 5.41) is 3.81. The number of carbonyl (C=O) groups is 1. The average Bonchev–Trinajstić information content (AvgIpc) is 2.31. The van der Waals surface area contributed by atoms with E-state index in [-0.39, 0.29) is 12.6 Å². The van der Waals surface area contributed by atoms with Crippen molar-refractivity contribution in [3.05, 3.63) is 26.8 Å². The number of carbonyl (C=O) groups excluding carboxylic acids is 1. The molecule has 1 rings (SSSR count). The van der Waals surface area contributed by atoms with Gasteiger partial charge in [-0.25, -0.2) is 4.79 Å². The van der Waals surface area contributed by atoms with Crippen LogP contribution >= 0.6 is 34.2 Å². The Kier molecular flexibility index (Phi) is 7.38. The minimum absolute atomic E-state index is 0.0179. The van der Waals surface area contributed by atoms with Crippen LogP contribution in [0.5, 0.6) is 0 Å². The molecule has 0 heterocycles. The Bertz CT molecular complexity index is 401. The van der Waals surface area contributed by atoms with E-state index in [0.29, 0.717) is 24.8 Å². The van der Waals surface area contributed by atoms with Crippen LogP contribution in [0.4, 0.5) is 5.69 Å². The zero-order chi connectivity index (χ0) is 13.4. The Balaban J connectivity index is 2.20. The molecule has 0 spiro atoms. The summed E-state index contributed by atoms with van der Waals surface area (Å²) in [6.07, 6.45) is 0. The SMILES string of the molecule is CCOC(=O)COCCNc1ccc(I)cc1Cl.